The maximum atomic E-state index is 4.49. The van der Waals surface area contributed by atoms with Gasteiger partial charge in [-0.25, -0.2) is 0 Å². The molecule has 1 aromatic carbocycles. The molecule has 1 aromatic heterocycles. The van der Waals surface area contributed by atoms with Crippen molar-refractivity contribution in [2.75, 3.05) is 0 Å². The SMILES string of the molecule is CCCc1ccc(C(CC)c2ccccn2)cc1. The summed E-state index contributed by atoms with van der Waals surface area (Å²) in [6.45, 7) is 4.44. The van der Waals surface area contributed by atoms with Crippen LogP contribution in [0.3, 0.4) is 0 Å². The predicted octanol–water partition coefficient (Wildman–Crippen LogP) is 4.58. The van der Waals surface area contributed by atoms with Crippen LogP contribution in [0.4, 0.5) is 0 Å². The van der Waals surface area contributed by atoms with Gasteiger partial charge in [0.25, 0.3) is 0 Å². The van der Waals surface area contributed by atoms with E-state index in [4.69, 9.17) is 0 Å². The maximum Gasteiger partial charge on any atom is 0.0478 e. The highest BCUT2D eigenvalue weighted by Crippen LogP contribution is 2.26. The predicted molar refractivity (Wildman–Crippen MR) is 76.8 cm³/mol. The summed E-state index contributed by atoms with van der Waals surface area (Å²) in [5.41, 5.74) is 3.97. The van der Waals surface area contributed by atoms with Crippen LogP contribution in [0, 0.1) is 0 Å². The van der Waals surface area contributed by atoms with Gasteiger partial charge in [-0.2, -0.15) is 0 Å². The monoisotopic (exact) mass is 239 g/mol. The summed E-state index contributed by atoms with van der Waals surface area (Å²) >= 11 is 0. The summed E-state index contributed by atoms with van der Waals surface area (Å²) in [7, 11) is 0. The molecule has 0 saturated heterocycles. The number of hydrogen-bond acceptors (Lipinski definition) is 1. The van der Waals surface area contributed by atoms with E-state index in [1.165, 1.54) is 29.7 Å². The Morgan fingerprint density at radius 1 is 1.00 bits per heavy atom. The van der Waals surface area contributed by atoms with E-state index in [-0.39, 0.29) is 0 Å². The van der Waals surface area contributed by atoms with Gasteiger partial charge in [-0.15, -0.1) is 0 Å². The molecule has 1 nitrogen and oxygen atoms in total. The number of benzene rings is 1. The maximum absolute atomic E-state index is 4.49. The van der Waals surface area contributed by atoms with Crippen molar-refractivity contribution in [1.29, 1.82) is 0 Å². The molecular formula is C17H21N. The van der Waals surface area contributed by atoms with E-state index < -0.39 is 0 Å². The average molecular weight is 239 g/mol. The quantitative estimate of drug-likeness (QED) is 0.744. The third-order valence-corrected chi connectivity index (χ3v) is 3.37. The van der Waals surface area contributed by atoms with Crippen LogP contribution in [-0.2, 0) is 6.42 Å². The van der Waals surface area contributed by atoms with E-state index in [1.54, 1.807) is 0 Å². The zero-order chi connectivity index (χ0) is 12.8. The van der Waals surface area contributed by atoms with Gasteiger partial charge in [0, 0.05) is 17.8 Å². The molecular weight excluding hydrogens is 218 g/mol. The van der Waals surface area contributed by atoms with Gasteiger partial charge >= 0.3 is 0 Å². The number of aryl methyl sites for hydroxylation is 1. The van der Waals surface area contributed by atoms with Gasteiger partial charge in [-0.3, -0.25) is 4.98 Å². The number of rotatable bonds is 5. The Morgan fingerprint density at radius 3 is 2.33 bits per heavy atom. The van der Waals surface area contributed by atoms with Crippen molar-refractivity contribution in [2.24, 2.45) is 0 Å². The molecule has 0 spiro atoms. The zero-order valence-electron chi connectivity index (χ0n) is 11.3. The van der Waals surface area contributed by atoms with E-state index in [2.05, 4.69) is 55.2 Å². The van der Waals surface area contributed by atoms with Crippen LogP contribution in [0.5, 0.6) is 0 Å². The summed E-state index contributed by atoms with van der Waals surface area (Å²) in [6, 6.07) is 15.2. The van der Waals surface area contributed by atoms with Crippen molar-refractivity contribution in [2.45, 2.75) is 39.0 Å². The third kappa shape index (κ3) is 2.98. The highest BCUT2D eigenvalue weighted by Gasteiger charge is 2.12. The summed E-state index contributed by atoms with van der Waals surface area (Å²) in [4.78, 5) is 4.49. The molecule has 0 aliphatic heterocycles. The smallest absolute Gasteiger partial charge is 0.0478 e. The summed E-state index contributed by atoms with van der Waals surface area (Å²) in [6.07, 6.45) is 5.34. The largest absolute Gasteiger partial charge is 0.261 e. The molecule has 1 heteroatoms. The van der Waals surface area contributed by atoms with Crippen molar-refractivity contribution in [3.8, 4) is 0 Å². The minimum Gasteiger partial charge on any atom is -0.261 e. The number of hydrogen-bond donors (Lipinski definition) is 0. The molecule has 0 amide bonds. The van der Waals surface area contributed by atoms with Gasteiger partial charge in [0.1, 0.15) is 0 Å². The first kappa shape index (κ1) is 12.8. The Hall–Kier alpha value is -1.63. The first-order valence-corrected chi connectivity index (χ1v) is 6.85. The molecule has 0 aliphatic carbocycles. The second kappa shape index (κ2) is 6.34. The Labute approximate surface area is 110 Å². The lowest BCUT2D eigenvalue weighted by Gasteiger charge is -2.15. The topological polar surface area (TPSA) is 12.9 Å². The third-order valence-electron chi connectivity index (χ3n) is 3.37. The van der Waals surface area contributed by atoms with Crippen molar-refractivity contribution in [3.63, 3.8) is 0 Å². The van der Waals surface area contributed by atoms with E-state index in [1.807, 2.05) is 12.3 Å². The lowest BCUT2D eigenvalue weighted by Crippen LogP contribution is -2.02. The molecule has 0 fully saturated rings. The first-order valence-electron chi connectivity index (χ1n) is 6.85. The van der Waals surface area contributed by atoms with Crippen LogP contribution >= 0.6 is 0 Å². The van der Waals surface area contributed by atoms with Gasteiger partial charge in [0.05, 0.1) is 0 Å². The molecule has 0 bridgehead atoms. The van der Waals surface area contributed by atoms with E-state index in [0.717, 1.165) is 6.42 Å². The van der Waals surface area contributed by atoms with Crippen LogP contribution in [0.2, 0.25) is 0 Å². The average Bonchev–Trinajstić information content (AvgIpc) is 2.43. The van der Waals surface area contributed by atoms with Gasteiger partial charge in [-0.05, 0) is 36.1 Å². The molecule has 18 heavy (non-hydrogen) atoms. The minimum atomic E-state index is 0.418. The second-order valence-electron chi connectivity index (χ2n) is 4.71. The lowest BCUT2D eigenvalue weighted by molar-refractivity contribution is 0.748. The fourth-order valence-electron chi connectivity index (χ4n) is 2.40. The van der Waals surface area contributed by atoms with E-state index in [0.29, 0.717) is 5.92 Å². The zero-order valence-corrected chi connectivity index (χ0v) is 11.3. The molecule has 0 saturated carbocycles. The van der Waals surface area contributed by atoms with Gasteiger partial charge in [-0.1, -0.05) is 50.6 Å². The summed E-state index contributed by atoms with van der Waals surface area (Å²) in [5, 5.41) is 0. The Morgan fingerprint density at radius 2 is 1.78 bits per heavy atom. The lowest BCUT2D eigenvalue weighted by atomic mass is 9.92. The molecule has 2 rings (SSSR count). The molecule has 0 N–H and O–H groups in total. The van der Waals surface area contributed by atoms with Crippen LogP contribution < -0.4 is 0 Å². The van der Waals surface area contributed by atoms with Crippen molar-refractivity contribution < 1.29 is 0 Å². The molecule has 0 aliphatic rings. The van der Waals surface area contributed by atoms with Crippen LogP contribution in [0.15, 0.2) is 48.7 Å². The van der Waals surface area contributed by atoms with Crippen LogP contribution in [0.25, 0.3) is 0 Å². The molecule has 94 valence electrons. The van der Waals surface area contributed by atoms with Gasteiger partial charge < -0.3 is 0 Å². The van der Waals surface area contributed by atoms with E-state index >= 15 is 0 Å². The molecule has 2 aromatic rings. The molecule has 0 radical (unpaired) electrons. The van der Waals surface area contributed by atoms with Crippen molar-refractivity contribution in [3.05, 3.63) is 65.5 Å². The normalized spacial score (nSPS) is 12.3. The van der Waals surface area contributed by atoms with Gasteiger partial charge in [0.15, 0.2) is 0 Å². The number of pyridine rings is 1. The molecule has 1 heterocycles. The molecule has 1 atom stereocenters. The number of nitrogens with zero attached hydrogens (tertiary/aromatic N) is 1. The summed E-state index contributed by atoms with van der Waals surface area (Å²) in [5.74, 6) is 0.418. The van der Waals surface area contributed by atoms with E-state index in [9.17, 15) is 0 Å². The Kier molecular flexibility index (Phi) is 4.52. The van der Waals surface area contributed by atoms with Gasteiger partial charge in [0.2, 0.25) is 0 Å². The van der Waals surface area contributed by atoms with Crippen molar-refractivity contribution >= 4 is 0 Å². The fraction of sp³-hybridized carbons (Fsp3) is 0.353. The standard InChI is InChI=1S/C17H21N/c1-3-7-14-9-11-15(12-10-14)16(4-2)17-8-5-6-13-18-17/h5-6,8-13,16H,3-4,7H2,1-2H3. The fourth-order valence-corrected chi connectivity index (χ4v) is 2.40. The molecule has 1 unspecified atom stereocenters. The Balaban J connectivity index is 2.23. The van der Waals surface area contributed by atoms with Crippen molar-refractivity contribution in [1.82, 2.24) is 4.98 Å². The van der Waals surface area contributed by atoms with Crippen LogP contribution in [-0.4, -0.2) is 4.98 Å². The Bertz CT molecular complexity index is 459. The second-order valence-corrected chi connectivity index (χ2v) is 4.71. The first-order chi connectivity index (χ1) is 8.85. The highest BCUT2D eigenvalue weighted by atomic mass is 14.7. The number of aromatic nitrogens is 1. The highest BCUT2D eigenvalue weighted by molar-refractivity contribution is 5.31. The van der Waals surface area contributed by atoms with Crippen LogP contribution in [0.1, 0.15) is 49.4 Å². The minimum absolute atomic E-state index is 0.418. The summed E-state index contributed by atoms with van der Waals surface area (Å²) < 4.78 is 0.